The van der Waals surface area contributed by atoms with Crippen LogP contribution in [0.4, 0.5) is 5.69 Å². The Balaban J connectivity index is 1.74. The molecule has 5 nitrogen and oxygen atoms in total. The van der Waals surface area contributed by atoms with Crippen molar-refractivity contribution in [2.75, 3.05) is 5.32 Å². The highest BCUT2D eigenvalue weighted by atomic mass is 32.1. The molecule has 1 atom stereocenters. The third-order valence-corrected chi connectivity index (χ3v) is 4.19. The molecule has 6 heteroatoms. The maximum Gasteiger partial charge on any atom is 0.0858 e. The second-order valence-corrected chi connectivity index (χ2v) is 5.42. The lowest BCUT2D eigenvalue weighted by molar-refractivity contribution is 0.752. The van der Waals surface area contributed by atoms with Gasteiger partial charge in [-0.15, -0.1) is 11.3 Å². The van der Waals surface area contributed by atoms with Gasteiger partial charge in [0.1, 0.15) is 0 Å². The summed E-state index contributed by atoms with van der Waals surface area (Å²) in [6.07, 6.45) is 3.33. The third-order valence-electron chi connectivity index (χ3n) is 3.08. The van der Waals surface area contributed by atoms with E-state index in [0.29, 0.717) is 0 Å². The van der Waals surface area contributed by atoms with Crippen LogP contribution in [0.1, 0.15) is 23.5 Å². The van der Waals surface area contributed by atoms with E-state index in [9.17, 15) is 0 Å². The van der Waals surface area contributed by atoms with Gasteiger partial charge in [-0.1, -0.05) is 0 Å². The third kappa shape index (κ3) is 2.55. The minimum Gasteiger partial charge on any atom is -0.378 e. The minimum atomic E-state index is 0.246. The number of nitrogens with zero attached hydrogens (tertiary/aromatic N) is 4. The number of hydrogen-bond donors (Lipinski definition) is 1. The van der Waals surface area contributed by atoms with Gasteiger partial charge in [-0.2, -0.15) is 15.0 Å². The standard InChI is InChI=1S/C14H15N5S/c1-10-14(20-9-15-10)11(2)18-12-3-5-13(6-4-12)19-16-7-8-17-19/h3-9,11,18H,1-2H3. The zero-order chi connectivity index (χ0) is 13.9. The highest BCUT2D eigenvalue weighted by molar-refractivity contribution is 7.09. The Morgan fingerprint density at radius 2 is 1.85 bits per heavy atom. The number of benzene rings is 1. The van der Waals surface area contributed by atoms with Crippen molar-refractivity contribution >= 4 is 17.0 Å². The average Bonchev–Trinajstić information content (AvgIpc) is 3.10. The van der Waals surface area contributed by atoms with Crippen molar-refractivity contribution in [2.45, 2.75) is 19.9 Å². The summed E-state index contributed by atoms with van der Waals surface area (Å²) >= 11 is 1.68. The summed E-state index contributed by atoms with van der Waals surface area (Å²) in [7, 11) is 0. The van der Waals surface area contributed by atoms with Crippen LogP contribution in [0.3, 0.4) is 0 Å². The Bertz CT molecular complexity index is 672. The summed E-state index contributed by atoms with van der Waals surface area (Å²) in [4.78, 5) is 7.15. The Morgan fingerprint density at radius 1 is 1.15 bits per heavy atom. The van der Waals surface area contributed by atoms with Gasteiger partial charge < -0.3 is 5.32 Å². The fraction of sp³-hybridized carbons (Fsp3) is 0.214. The molecule has 3 rings (SSSR count). The predicted octanol–water partition coefficient (Wildman–Crippen LogP) is 3.21. The van der Waals surface area contributed by atoms with Crippen LogP contribution in [-0.4, -0.2) is 20.0 Å². The van der Waals surface area contributed by atoms with Crippen LogP contribution < -0.4 is 5.32 Å². The zero-order valence-corrected chi connectivity index (χ0v) is 12.1. The molecular formula is C14H15N5S. The average molecular weight is 285 g/mol. The lowest BCUT2D eigenvalue weighted by Gasteiger charge is -2.14. The van der Waals surface area contributed by atoms with Crippen molar-refractivity contribution in [1.29, 1.82) is 0 Å². The fourth-order valence-corrected chi connectivity index (χ4v) is 2.89. The molecule has 2 aromatic heterocycles. The monoisotopic (exact) mass is 285 g/mol. The van der Waals surface area contributed by atoms with E-state index in [2.05, 4.69) is 27.4 Å². The van der Waals surface area contributed by atoms with Crippen molar-refractivity contribution in [1.82, 2.24) is 20.0 Å². The van der Waals surface area contributed by atoms with Crippen molar-refractivity contribution < 1.29 is 0 Å². The summed E-state index contributed by atoms with van der Waals surface area (Å²) in [5.41, 5.74) is 4.99. The van der Waals surface area contributed by atoms with Crippen LogP contribution in [0.5, 0.6) is 0 Å². The molecule has 0 saturated carbocycles. The van der Waals surface area contributed by atoms with E-state index >= 15 is 0 Å². The lowest BCUT2D eigenvalue weighted by Crippen LogP contribution is -2.06. The van der Waals surface area contributed by atoms with E-state index in [1.54, 1.807) is 28.5 Å². The van der Waals surface area contributed by atoms with Gasteiger partial charge in [-0.25, -0.2) is 4.98 Å². The fourth-order valence-electron chi connectivity index (χ4n) is 2.08. The first-order valence-electron chi connectivity index (χ1n) is 6.37. The molecule has 102 valence electrons. The molecule has 2 heterocycles. The van der Waals surface area contributed by atoms with Crippen LogP contribution in [-0.2, 0) is 0 Å². The first-order valence-corrected chi connectivity index (χ1v) is 7.25. The van der Waals surface area contributed by atoms with E-state index in [-0.39, 0.29) is 6.04 Å². The Morgan fingerprint density at radius 3 is 2.45 bits per heavy atom. The molecule has 3 aromatic rings. The molecule has 0 aliphatic carbocycles. The van der Waals surface area contributed by atoms with Crippen molar-refractivity contribution in [3.63, 3.8) is 0 Å². The van der Waals surface area contributed by atoms with Gasteiger partial charge >= 0.3 is 0 Å². The van der Waals surface area contributed by atoms with Crippen LogP contribution in [0, 0.1) is 6.92 Å². The number of anilines is 1. The van der Waals surface area contributed by atoms with Crippen molar-refractivity contribution in [3.8, 4) is 5.69 Å². The topological polar surface area (TPSA) is 55.6 Å². The van der Waals surface area contributed by atoms with Gasteiger partial charge in [0.2, 0.25) is 0 Å². The summed E-state index contributed by atoms with van der Waals surface area (Å²) in [5.74, 6) is 0. The molecular weight excluding hydrogens is 270 g/mol. The number of thiazole rings is 1. The Labute approximate surface area is 121 Å². The summed E-state index contributed by atoms with van der Waals surface area (Å²) in [5, 5.41) is 11.7. The summed E-state index contributed by atoms with van der Waals surface area (Å²) in [6.45, 7) is 4.18. The molecule has 0 bridgehead atoms. The lowest BCUT2D eigenvalue weighted by atomic mass is 10.2. The number of rotatable bonds is 4. The van der Waals surface area contributed by atoms with Gasteiger partial charge in [-0.05, 0) is 38.1 Å². The van der Waals surface area contributed by atoms with Gasteiger partial charge in [0.25, 0.3) is 0 Å². The largest absolute Gasteiger partial charge is 0.378 e. The molecule has 0 spiro atoms. The van der Waals surface area contributed by atoms with Crippen LogP contribution in [0.25, 0.3) is 5.69 Å². The molecule has 0 radical (unpaired) electrons. The quantitative estimate of drug-likeness (QED) is 0.799. The first kappa shape index (κ1) is 12.8. The Hall–Kier alpha value is -2.21. The van der Waals surface area contributed by atoms with Crippen molar-refractivity contribution in [2.24, 2.45) is 0 Å². The number of nitrogens with one attached hydrogen (secondary N) is 1. The minimum absolute atomic E-state index is 0.246. The molecule has 1 unspecified atom stereocenters. The van der Waals surface area contributed by atoms with E-state index in [4.69, 9.17) is 0 Å². The van der Waals surface area contributed by atoms with Gasteiger partial charge in [0.05, 0.1) is 35.3 Å². The number of hydrogen-bond acceptors (Lipinski definition) is 5. The Kier molecular flexibility index (Phi) is 3.47. The summed E-state index contributed by atoms with van der Waals surface area (Å²) in [6, 6.07) is 8.30. The van der Waals surface area contributed by atoms with Gasteiger partial charge in [0.15, 0.2) is 0 Å². The molecule has 0 aliphatic heterocycles. The van der Waals surface area contributed by atoms with Crippen LogP contribution >= 0.6 is 11.3 Å². The second kappa shape index (κ2) is 5.42. The van der Waals surface area contributed by atoms with E-state index in [1.807, 2.05) is 36.7 Å². The predicted molar refractivity (Wildman–Crippen MR) is 80.2 cm³/mol. The molecule has 1 N–H and O–H groups in total. The molecule has 0 saturated heterocycles. The first-order chi connectivity index (χ1) is 9.74. The summed E-state index contributed by atoms with van der Waals surface area (Å²) < 4.78 is 0. The highest BCUT2D eigenvalue weighted by Gasteiger charge is 2.10. The van der Waals surface area contributed by atoms with E-state index in [1.165, 1.54) is 4.88 Å². The molecule has 0 amide bonds. The highest BCUT2D eigenvalue weighted by Crippen LogP contribution is 2.25. The molecule has 0 aliphatic rings. The maximum absolute atomic E-state index is 4.29. The normalized spacial score (nSPS) is 12.3. The second-order valence-electron chi connectivity index (χ2n) is 4.53. The number of aryl methyl sites for hydroxylation is 1. The van der Waals surface area contributed by atoms with E-state index < -0.39 is 0 Å². The van der Waals surface area contributed by atoms with Gasteiger partial charge in [-0.3, -0.25) is 0 Å². The van der Waals surface area contributed by atoms with E-state index in [0.717, 1.165) is 17.1 Å². The molecule has 20 heavy (non-hydrogen) atoms. The van der Waals surface area contributed by atoms with Crippen LogP contribution in [0.2, 0.25) is 0 Å². The van der Waals surface area contributed by atoms with Crippen molar-refractivity contribution in [3.05, 3.63) is 52.7 Å². The molecule has 0 fully saturated rings. The van der Waals surface area contributed by atoms with Crippen LogP contribution in [0.15, 0.2) is 42.2 Å². The maximum atomic E-state index is 4.29. The zero-order valence-electron chi connectivity index (χ0n) is 11.3. The smallest absolute Gasteiger partial charge is 0.0858 e. The SMILES string of the molecule is Cc1ncsc1C(C)Nc1ccc(-n2nccn2)cc1. The molecule has 1 aromatic carbocycles. The van der Waals surface area contributed by atoms with Gasteiger partial charge in [0, 0.05) is 10.6 Å². The number of aromatic nitrogens is 4.